The van der Waals surface area contributed by atoms with Crippen molar-refractivity contribution in [1.29, 1.82) is 0 Å². The third-order valence-electron chi connectivity index (χ3n) is 4.76. The Bertz CT molecular complexity index is 282. The van der Waals surface area contributed by atoms with Crippen molar-refractivity contribution in [3.8, 4) is 0 Å². The highest BCUT2D eigenvalue weighted by molar-refractivity contribution is 5.07. The molecule has 20 heavy (non-hydrogen) atoms. The molecule has 1 fully saturated rings. The summed E-state index contributed by atoms with van der Waals surface area (Å²) in [6, 6.07) is 0. The zero-order valence-corrected chi connectivity index (χ0v) is 14.3. The fourth-order valence-electron chi connectivity index (χ4n) is 3.21. The fourth-order valence-corrected chi connectivity index (χ4v) is 3.21. The smallest absolute Gasteiger partial charge is 0.0587 e. The highest BCUT2D eigenvalue weighted by atomic mass is 16.5. The maximum atomic E-state index is 5.07. The van der Waals surface area contributed by atoms with Crippen LogP contribution in [0.3, 0.4) is 0 Å². The molecule has 0 aromatic heterocycles. The third-order valence-corrected chi connectivity index (χ3v) is 4.76. The summed E-state index contributed by atoms with van der Waals surface area (Å²) in [6.07, 6.45) is 9.28. The van der Waals surface area contributed by atoms with Crippen molar-refractivity contribution in [2.75, 3.05) is 26.8 Å². The molecule has 1 N–H and O–H groups in total. The van der Waals surface area contributed by atoms with Gasteiger partial charge in [-0.15, -0.1) is 0 Å². The van der Waals surface area contributed by atoms with E-state index in [0.717, 1.165) is 31.5 Å². The molecule has 0 atom stereocenters. The van der Waals surface area contributed by atoms with E-state index in [9.17, 15) is 0 Å². The van der Waals surface area contributed by atoms with E-state index in [0.29, 0.717) is 5.41 Å². The predicted octanol–water partition coefficient (Wildman–Crippen LogP) is 4.41. The average molecular weight is 281 g/mol. The summed E-state index contributed by atoms with van der Waals surface area (Å²) in [5, 5.41) is 3.47. The Balaban J connectivity index is 2.36. The fraction of sp³-hybridized carbons (Fsp3) is 0.889. The molecule has 118 valence electrons. The summed E-state index contributed by atoms with van der Waals surface area (Å²) < 4.78 is 5.07. The Morgan fingerprint density at radius 2 is 1.85 bits per heavy atom. The normalized spacial score (nSPS) is 24.9. The van der Waals surface area contributed by atoms with Gasteiger partial charge in [0.2, 0.25) is 0 Å². The summed E-state index contributed by atoms with van der Waals surface area (Å²) >= 11 is 0. The SMILES string of the molecule is CCC(=CC1CCC(C(C)(C)C)CC1)CNCCOC. The molecule has 2 nitrogen and oxygen atoms in total. The van der Waals surface area contributed by atoms with Crippen LogP contribution in [0.5, 0.6) is 0 Å². The van der Waals surface area contributed by atoms with E-state index >= 15 is 0 Å². The second-order valence-corrected chi connectivity index (χ2v) is 7.33. The molecule has 0 bridgehead atoms. The van der Waals surface area contributed by atoms with Gasteiger partial charge in [0.15, 0.2) is 0 Å². The number of methoxy groups -OCH3 is 1. The molecule has 0 amide bonds. The lowest BCUT2D eigenvalue weighted by Gasteiger charge is -2.36. The molecule has 1 aliphatic carbocycles. The van der Waals surface area contributed by atoms with Crippen LogP contribution >= 0.6 is 0 Å². The minimum absolute atomic E-state index is 0.490. The van der Waals surface area contributed by atoms with Crippen LogP contribution in [0.15, 0.2) is 11.6 Å². The topological polar surface area (TPSA) is 21.3 Å². The number of ether oxygens (including phenoxy) is 1. The molecule has 2 heteroatoms. The van der Waals surface area contributed by atoms with E-state index in [1.807, 2.05) is 0 Å². The Labute approximate surface area is 126 Å². The van der Waals surface area contributed by atoms with Gasteiger partial charge in [0.1, 0.15) is 0 Å². The van der Waals surface area contributed by atoms with Crippen molar-refractivity contribution in [2.45, 2.75) is 59.8 Å². The van der Waals surface area contributed by atoms with Gasteiger partial charge in [-0.25, -0.2) is 0 Å². The van der Waals surface area contributed by atoms with Crippen molar-refractivity contribution in [2.24, 2.45) is 17.3 Å². The zero-order valence-electron chi connectivity index (χ0n) is 14.3. The van der Waals surface area contributed by atoms with Crippen molar-refractivity contribution < 1.29 is 4.74 Å². The van der Waals surface area contributed by atoms with E-state index in [1.54, 1.807) is 12.7 Å². The maximum Gasteiger partial charge on any atom is 0.0587 e. The maximum absolute atomic E-state index is 5.07. The van der Waals surface area contributed by atoms with Crippen molar-refractivity contribution in [3.05, 3.63) is 11.6 Å². The van der Waals surface area contributed by atoms with Crippen LogP contribution in [0.1, 0.15) is 59.8 Å². The van der Waals surface area contributed by atoms with Crippen LogP contribution in [0.2, 0.25) is 0 Å². The van der Waals surface area contributed by atoms with Crippen LogP contribution in [0.25, 0.3) is 0 Å². The number of allylic oxidation sites excluding steroid dienone is 1. The van der Waals surface area contributed by atoms with Crippen LogP contribution in [0.4, 0.5) is 0 Å². The van der Waals surface area contributed by atoms with Crippen molar-refractivity contribution in [1.82, 2.24) is 5.32 Å². The first kappa shape index (κ1) is 17.7. The van der Waals surface area contributed by atoms with Gasteiger partial charge in [0, 0.05) is 20.2 Å². The Morgan fingerprint density at radius 3 is 2.35 bits per heavy atom. The molecule has 0 saturated heterocycles. The first-order valence-electron chi connectivity index (χ1n) is 8.36. The highest BCUT2D eigenvalue weighted by Gasteiger charge is 2.28. The van der Waals surface area contributed by atoms with Gasteiger partial charge < -0.3 is 10.1 Å². The lowest BCUT2D eigenvalue weighted by Crippen LogP contribution is -2.26. The quantitative estimate of drug-likeness (QED) is 0.551. The number of nitrogens with one attached hydrogen (secondary N) is 1. The summed E-state index contributed by atoms with van der Waals surface area (Å²) in [7, 11) is 1.76. The molecule has 0 aromatic carbocycles. The highest BCUT2D eigenvalue weighted by Crippen LogP contribution is 2.40. The Kier molecular flexibility index (Phi) is 7.83. The molecule has 0 aliphatic heterocycles. The first-order chi connectivity index (χ1) is 9.47. The van der Waals surface area contributed by atoms with E-state index in [1.165, 1.54) is 32.1 Å². The molecule has 0 heterocycles. The van der Waals surface area contributed by atoms with E-state index in [4.69, 9.17) is 4.74 Å². The molecule has 1 rings (SSSR count). The standard InChI is InChI=1S/C18H35NO/c1-6-15(14-19-11-12-20-5)13-16-7-9-17(10-8-16)18(2,3)4/h13,16-17,19H,6-12,14H2,1-5H3. The van der Waals surface area contributed by atoms with Gasteiger partial charge in [-0.3, -0.25) is 0 Å². The first-order valence-corrected chi connectivity index (χ1v) is 8.36. The number of hydrogen-bond donors (Lipinski definition) is 1. The van der Waals surface area contributed by atoms with E-state index in [-0.39, 0.29) is 0 Å². The molecular weight excluding hydrogens is 246 g/mol. The van der Waals surface area contributed by atoms with Crippen LogP contribution in [-0.2, 0) is 4.74 Å². The summed E-state index contributed by atoms with van der Waals surface area (Å²) in [4.78, 5) is 0. The molecule has 0 radical (unpaired) electrons. The molecule has 0 unspecified atom stereocenters. The lowest BCUT2D eigenvalue weighted by molar-refractivity contribution is 0.162. The lowest BCUT2D eigenvalue weighted by atomic mass is 9.69. The number of hydrogen-bond acceptors (Lipinski definition) is 2. The van der Waals surface area contributed by atoms with Gasteiger partial charge in [-0.1, -0.05) is 39.3 Å². The summed E-state index contributed by atoms with van der Waals surface area (Å²) in [5.41, 5.74) is 2.06. The minimum Gasteiger partial charge on any atom is -0.383 e. The molecule has 0 spiro atoms. The van der Waals surface area contributed by atoms with Crippen LogP contribution in [-0.4, -0.2) is 26.8 Å². The van der Waals surface area contributed by atoms with Gasteiger partial charge in [-0.05, 0) is 49.4 Å². The average Bonchev–Trinajstić information content (AvgIpc) is 2.42. The third kappa shape index (κ3) is 6.41. The second kappa shape index (κ2) is 8.84. The summed E-state index contributed by atoms with van der Waals surface area (Å²) in [5.74, 6) is 1.73. The van der Waals surface area contributed by atoms with Crippen LogP contribution in [0, 0.1) is 17.3 Å². The monoisotopic (exact) mass is 281 g/mol. The van der Waals surface area contributed by atoms with Crippen molar-refractivity contribution >= 4 is 0 Å². The second-order valence-electron chi connectivity index (χ2n) is 7.33. The Morgan fingerprint density at radius 1 is 1.20 bits per heavy atom. The molecular formula is C18H35NO. The van der Waals surface area contributed by atoms with Gasteiger partial charge in [-0.2, -0.15) is 0 Å². The molecule has 0 aromatic rings. The molecule has 1 saturated carbocycles. The van der Waals surface area contributed by atoms with Gasteiger partial charge >= 0.3 is 0 Å². The van der Waals surface area contributed by atoms with Crippen LogP contribution < -0.4 is 5.32 Å². The predicted molar refractivity (Wildman–Crippen MR) is 88.0 cm³/mol. The van der Waals surface area contributed by atoms with Crippen molar-refractivity contribution in [3.63, 3.8) is 0 Å². The Hall–Kier alpha value is -0.340. The zero-order chi connectivity index (χ0) is 15.0. The summed E-state index contributed by atoms with van der Waals surface area (Å²) in [6.45, 7) is 12.2. The van der Waals surface area contributed by atoms with E-state index < -0.39 is 0 Å². The van der Waals surface area contributed by atoms with E-state index in [2.05, 4.69) is 39.1 Å². The van der Waals surface area contributed by atoms with Gasteiger partial charge in [0.05, 0.1) is 6.61 Å². The largest absolute Gasteiger partial charge is 0.383 e. The minimum atomic E-state index is 0.490. The number of rotatable bonds is 7. The molecule has 1 aliphatic rings. The van der Waals surface area contributed by atoms with Gasteiger partial charge in [0.25, 0.3) is 0 Å².